The van der Waals surface area contributed by atoms with Crippen LogP contribution in [-0.2, 0) is 16.3 Å². The molecule has 4 rings (SSSR count). The number of carbonyl (C=O) groups excluding carboxylic acids is 1. The van der Waals surface area contributed by atoms with Gasteiger partial charge >= 0.3 is 0 Å². The van der Waals surface area contributed by atoms with E-state index in [1.165, 1.54) is 0 Å². The molecule has 2 aliphatic rings. The van der Waals surface area contributed by atoms with Crippen LogP contribution in [-0.4, -0.2) is 40.5 Å². The Kier molecular flexibility index (Phi) is 4.65. The number of rotatable bonds is 7. The summed E-state index contributed by atoms with van der Waals surface area (Å²) in [6.07, 6.45) is 4.62. The molecule has 1 aromatic carbocycles. The quantitative estimate of drug-likeness (QED) is 0.697. The third-order valence-corrected chi connectivity index (χ3v) is 6.87. The van der Waals surface area contributed by atoms with Crippen LogP contribution in [0.2, 0.25) is 0 Å². The van der Waals surface area contributed by atoms with Gasteiger partial charge in [-0.3, -0.25) is 4.79 Å². The van der Waals surface area contributed by atoms with Crippen molar-refractivity contribution in [3.05, 3.63) is 47.5 Å². The fourth-order valence-electron chi connectivity index (χ4n) is 3.49. The highest BCUT2D eigenvalue weighted by Crippen LogP contribution is 2.39. The molecular formula is C19H23N3O3S. The first-order chi connectivity index (χ1) is 12.5. The molecule has 26 heavy (non-hydrogen) atoms. The molecule has 0 spiro atoms. The number of sulfone groups is 1. The third kappa shape index (κ3) is 3.87. The SMILES string of the molecule is O=C(CCCc1nc(C2CC2)nn1[C@@H]1CCS(=O)(=O)C1)c1ccccc1. The van der Waals surface area contributed by atoms with E-state index in [4.69, 9.17) is 0 Å². The van der Waals surface area contributed by atoms with Crippen molar-refractivity contribution in [1.29, 1.82) is 0 Å². The summed E-state index contributed by atoms with van der Waals surface area (Å²) in [6.45, 7) is 0. The van der Waals surface area contributed by atoms with Crippen LogP contribution in [0.25, 0.3) is 0 Å². The summed E-state index contributed by atoms with van der Waals surface area (Å²) in [6, 6.07) is 9.19. The van der Waals surface area contributed by atoms with E-state index in [-0.39, 0.29) is 23.3 Å². The number of aryl methyl sites for hydroxylation is 1. The van der Waals surface area contributed by atoms with E-state index in [9.17, 15) is 13.2 Å². The van der Waals surface area contributed by atoms with Gasteiger partial charge in [0.05, 0.1) is 17.5 Å². The summed E-state index contributed by atoms with van der Waals surface area (Å²) in [5.74, 6) is 2.61. The second-order valence-electron chi connectivity index (χ2n) is 7.30. The third-order valence-electron chi connectivity index (χ3n) is 5.12. The number of hydrogen-bond acceptors (Lipinski definition) is 5. The second-order valence-corrected chi connectivity index (χ2v) is 9.53. The number of aromatic nitrogens is 3. The molecule has 0 N–H and O–H groups in total. The summed E-state index contributed by atoms with van der Waals surface area (Å²) in [4.78, 5) is 16.9. The Morgan fingerprint density at radius 2 is 1.92 bits per heavy atom. The standard InChI is InChI=1S/C19H23N3O3S/c23-17(14-5-2-1-3-6-14)7-4-8-18-20-19(15-9-10-15)21-22(18)16-11-12-26(24,25)13-16/h1-3,5-6,15-16H,4,7-13H2/t16-/m1/s1. The van der Waals surface area contributed by atoms with Crippen LogP contribution >= 0.6 is 0 Å². The lowest BCUT2D eigenvalue weighted by Gasteiger charge is -2.11. The van der Waals surface area contributed by atoms with Crippen molar-refractivity contribution in [2.75, 3.05) is 11.5 Å². The van der Waals surface area contributed by atoms with E-state index in [0.717, 1.165) is 30.1 Å². The highest BCUT2D eigenvalue weighted by atomic mass is 32.2. The Morgan fingerprint density at radius 1 is 1.15 bits per heavy atom. The van der Waals surface area contributed by atoms with Crippen molar-refractivity contribution in [2.45, 2.75) is 50.5 Å². The van der Waals surface area contributed by atoms with Gasteiger partial charge in [0.15, 0.2) is 21.4 Å². The molecule has 2 fully saturated rings. The van der Waals surface area contributed by atoms with Crippen molar-refractivity contribution in [3.8, 4) is 0 Å². The molecule has 2 heterocycles. The van der Waals surface area contributed by atoms with Gasteiger partial charge in [-0.25, -0.2) is 18.1 Å². The van der Waals surface area contributed by atoms with Gasteiger partial charge < -0.3 is 0 Å². The van der Waals surface area contributed by atoms with E-state index < -0.39 is 9.84 Å². The first kappa shape index (κ1) is 17.4. The number of benzene rings is 1. The number of Topliss-reactive ketones (excluding diaryl/α,β-unsaturated/α-hetero) is 1. The zero-order valence-electron chi connectivity index (χ0n) is 14.7. The normalized spacial score (nSPS) is 21.8. The predicted molar refractivity (Wildman–Crippen MR) is 98.0 cm³/mol. The maximum Gasteiger partial charge on any atom is 0.162 e. The highest BCUT2D eigenvalue weighted by molar-refractivity contribution is 7.91. The van der Waals surface area contributed by atoms with E-state index >= 15 is 0 Å². The van der Waals surface area contributed by atoms with Crippen LogP contribution < -0.4 is 0 Å². The van der Waals surface area contributed by atoms with Crippen molar-refractivity contribution >= 4 is 15.6 Å². The van der Waals surface area contributed by atoms with Crippen LogP contribution in [0.1, 0.15) is 66.1 Å². The molecule has 1 aliphatic carbocycles. The van der Waals surface area contributed by atoms with Crippen LogP contribution in [0, 0.1) is 0 Å². The molecule has 138 valence electrons. The lowest BCUT2D eigenvalue weighted by atomic mass is 10.1. The number of ketones is 1. The molecular weight excluding hydrogens is 350 g/mol. The minimum atomic E-state index is -2.97. The molecule has 7 heteroatoms. The summed E-state index contributed by atoms with van der Waals surface area (Å²) in [5.41, 5.74) is 0.731. The Bertz CT molecular complexity index is 901. The molecule has 1 saturated heterocycles. The van der Waals surface area contributed by atoms with Gasteiger partial charge in [-0.1, -0.05) is 30.3 Å². The molecule has 1 saturated carbocycles. The maximum absolute atomic E-state index is 12.3. The molecule has 0 bridgehead atoms. The maximum atomic E-state index is 12.3. The summed E-state index contributed by atoms with van der Waals surface area (Å²) >= 11 is 0. The first-order valence-electron chi connectivity index (χ1n) is 9.26. The Balaban J connectivity index is 1.44. The van der Waals surface area contributed by atoms with Crippen LogP contribution in [0.4, 0.5) is 0 Å². The molecule has 2 aromatic rings. The van der Waals surface area contributed by atoms with Crippen LogP contribution in [0.5, 0.6) is 0 Å². The second kappa shape index (κ2) is 6.95. The van der Waals surface area contributed by atoms with Gasteiger partial charge in [0.2, 0.25) is 0 Å². The molecule has 1 atom stereocenters. The number of carbonyl (C=O) groups is 1. The number of nitrogens with zero attached hydrogens (tertiary/aromatic N) is 3. The van der Waals surface area contributed by atoms with E-state index in [0.29, 0.717) is 31.6 Å². The van der Waals surface area contributed by atoms with Crippen molar-refractivity contribution in [3.63, 3.8) is 0 Å². The molecule has 1 aromatic heterocycles. The van der Waals surface area contributed by atoms with Gasteiger partial charge in [0.1, 0.15) is 5.82 Å². The van der Waals surface area contributed by atoms with Gasteiger partial charge in [-0.05, 0) is 25.7 Å². The highest BCUT2D eigenvalue weighted by Gasteiger charge is 2.34. The van der Waals surface area contributed by atoms with Crippen LogP contribution in [0.3, 0.4) is 0 Å². The summed E-state index contributed by atoms with van der Waals surface area (Å²) < 4.78 is 25.5. The minimum Gasteiger partial charge on any atom is -0.294 e. The van der Waals surface area contributed by atoms with Gasteiger partial charge in [-0.2, -0.15) is 5.10 Å². The van der Waals surface area contributed by atoms with Gasteiger partial charge in [0.25, 0.3) is 0 Å². The zero-order valence-corrected chi connectivity index (χ0v) is 15.5. The van der Waals surface area contributed by atoms with Gasteiger partial charge in [-0.15, -0.1) is 0 Å². The van der Waals surface area contributed by atoms with Crippen LogP contribution in [0.15, 0.2) is 30.3 Å². The van der Waals surface area contributed by atoms with Gasteiger partial charge in [0, 0.05) is 24.3 Å². The lowest BCUT2D eigenvalue weighted by Crippen LogP contribution is -2.16. The molecule has 0 unspecified atom stereocenters. The molecule has 1 aliphatic heterocycles. The lowest BCUT2D eigenvalue weighted by molar-refractivity contribution is 0.0980. The predicted octanol–water partition coefficient (Wildman–Crippen LogP) is 2.72. The monoisotopic (exact) mass is 373 g/mol. The topological polar surface area (TPSA) is 81.9 Å². The first-order valence-corrected chi connectivity index (χ1v) is 11.1. The van der Waals surface area contributed by atoms with E-state index in [1.807, 2.05) is 35.0 Å². The van der Waals surface area contributed by atoms with Crippen molar-refractivity contribution < 1.29 is 13.2 Å². The zero-order chi connectivity index (χ0) is 18.1. The summed E-state index contributed by atoms with van der Waals surface area (Å²) in [7, 11) is -2.97. The Labute approximate surface area is 153 Å². The number of hydrogen-bond donors (Lipinski definition) is 0. The smallest absolute Gasteiger partial charge is 0.162 e. The van der Waals surface area contributed by atoms with Crippen molar-refractivity contribution in [1.82, 2.24) is 14.8 Å². The van der Waals surface area contributed by atoms with E-state index in [2.05, 4.69) is 10.1 Å². The molecule has 0 radical (unpaired) electrons. The average molecular weight is 373 g/mol. The largest absolute Gasteiger partial charge is 0.294 e. The average Bonchev–Trinajstić information content (AvgIpc) is 3.30. The Hall–Kier alpha value is -2.02. The fraction of sp³-hybridized carbons (Fsp3) is 0.526. The summed E-state index contributed by atoms with van der Waals surface area (Å²) in [5, 5.41) is 4.63. The van der Waals surface area contributed by atoms with E-state index in [1.54, 1.807) is 0 Å². The van der Waals surface area contributed by atoms with Crippen molar-refractivity contribution in [2.24, 2.45) is 0 Å². The minimum absolute atomic E-state index is 0.111. The fourth-order valence-corrected chi connectivity index (χ4v) is 5.19. The Morgan fingerprint density at radius 3 is 2.58 bits per heavy atom. The molecule has 6 nitrogen and oxygen atoms in total. The molecule has 0 amide bonds.